The molecule has 8 nitrogen and oxygen atoms in total. The van der Waals surface area contributed by atoms with Gasteiger partial charge in [0.05, 0.1) is 0 Å². The van der Waals surface area contributed by atoms with Crippen LogP contribution < -0.4 is 16.0 Å². The van der Waals surface area contributed by atoms with E-state index in [2.05, 4.69) is 16.0 Å². The first kappa shape index (κ1) is 26.7. The first-order valence-electron chi connectivity index (χ1n) is 11.4. The zero-order valence-corrected chi connectivity index (χ0v) is 20.3. The standard InChI is InChI=1S/C26H35N3O5/c1-19(29-25(32)33-18-21-13-9-6-10-14-21)23(30)27-16-22(15-20-11-7-5-8-12-20)17-28-24(31)34-26(2,3)4/h5-14,19,22H,15-18H2,1-4H3,(H,27,30)(H,28,31)(H,29,32)/t19-,22?/m1/s1. The van der Waals surface area contributed by atoms with Gasteiger partial charge in [0.2, 0.25) is 5.91 Å². The van der Waals surface area contributed by atoms with E-state index in [-0.39, 0.29) is 18.4 Å². The van der Waals surface area contributed by atoms with Crippen molar-refractivity contribution < 1.29 is 23.9 Å². The van der Waals surface area contributed by atoms with Crippen LogP contribution in [0.15, 0.2) is 60.7 Å². The molecule has 0 fully saturated rings. The maximum absolute atomic E-state index is 12.5. The minimum Gasteiger partial charge on any atom is -0.445 e. The normalized spacial score (nSPS) is 12.7. The Morgan fingerprint density at radius 1 is 0.824 bits per heavy atom. The lowest BCUT2D eigenvalue weighted by Crippen LogP contribution is -2.47. The fourth-order valence-electron chi connectivity index (χ4n) is 3.11. The van der Waals surface area contributed by atoms with Crippen LogP contribution in [0.2, 0.25) is 0 Å². The van der Waals surface area contributed by atoms with E-state index in [0.29, 0.717) is 19.5 Å². The first-order valence-corrected chi connectivity index (χ1v) is 11.4. The van der Waals surface area contributed by atoms with Crippen molar-refractivity contribution in [3.8, 4) is 0 Å². The molecule has 0 aliphatic carbocycles. The molecule has 2 aromatic rings. The summed E-state index contributed by atoms with van der Waals surface area (Å²) >= 11 is 0. The van der Waals surface area contributed by atoms with E-state index in [9.17, 15) is 14.4 Å². The van der Waals surface area contributed by atoms with E-state index < -0.39 is 23.8 Å². The van der Waals surface area contributed by atoms with Gasteiger partial charge in [-0.25, -0.2) is 9.59 Å². The summed E-state index contributed by atoms with van der Waals surface area (Å²) in [5, 5.41) is 8.16. The van der Waals surface area contributed by atoms with E-state index in [1.165, 1.54) is 0 Å². The molecule has 2 atom stereocenters. The molecule has 1 unspecified atom stereocenters. The van der Waals surface area contributed by atoms with Crippen LogP contribution in [0.1, 0.15) is 38.8 Å². The Morgan fingerprint density at radius 3 is 1.97 bits per heavy atom. The lowest BCUT2D eigenvalue weighted by molar-refractivity contribution is -0.122. The Morgan fingerprint density at radius 2 is 1.38 bits per heavy atom. The van der Waals surface area contributed by atoms with E-state index in [1.807, 2.05) is 60.7 Å². The smallest absolute Gasteiger partial charge is 0.408 e. The summed E-state index contributed by atoms with van der Waals surface area (Å²) in [6.45, 7) is 7.74. The number of amides is 3. The molecule has 0 heterocycles. The van der Waals surface area contributed by atoms with Crippen molar-refractivity contribution in [3.05, 3.63) is 71.8 Å². The number of nitrogens with one attached hydrogen (secondary N) is 3. The zero-order chi connectivity index (χ0) is 25.0. The average Bonchev–Trinajstić information content (AvgIpc) is 2.79. The van der Waals surface area contributed by atoms with Gasteiger partial charge in [-0.05, 0) is 51.2 Å². The molecule has 8 heteroatoms. The Balaban J connectivity index is 1.84. The van der Waals surface area contributed by atoms with Gasteiger partial charge in [-0.2, -0.15) is 0 Å². The Labute approximate surface area is 201 Å². The van der Waals surface area contributed by atoms with Crippen LogP contribution in [-0.2, 0) is 27.3 Å². The molecule has 0 aliphatic heterocycles. The van der Waals surface area contributed by atoms with Gasteiger partial charge in [0.1, 0.15) is 18.2 Å². The number of carbonyl (C=O) groups excluding carboxylic acids is 3. The second-order valence-electron chi connectivity index (χ2n) is 9.11. The van der Waals surface area contributed by atoms with Crippen molar-refractivity contribution in [1.29, 1.82) is 0 Å². The van der Waals surface area contributed by atoms with Crippen molar-refractivity contribution in [2.75, 3.05) is 13.1 Å². The molecule has 0 saturated heterocycles. The summed E-state index contributed by atoms with van der Waals surface area (Å²) in [6.07, 6.45) is -0.523. The van der Waals surface area contributed by atoms with Gasteiger partial charge < -0.3 is 25.4 Å². The molecule has 0 aliphatic rings. The third-order valence-corrected chi connectivity index (χ3v) is 4.81. The molecule has 0 aromatic heterocycles. The van der Waals surface area contributed by atoms with Crippen molar-refractivity contribution in [3.63, 3.8) is 0 Å². The van der Waals surface area contributed by atoms with Gasteiger partial charge in [-0.3, -0.25) is 4.79 Å². The molecule has 184 valence electrons. The number of benzene rings is 2. The number of hydrogen-bond acceptors (Lipinski definition) is 5. The molecule has 2 aromatic carbocycles. The van der Waals surface area contributed by atoms with Crippen LogP contribution in [0.5, 0.6) is 0 Å². The molecule has 0 saturated carbocycles. The number of ether oxygens (including phenoxy) is 2. The van der Waals surface area contributed by atoms with Gasteiger partial charge >= 0.3 is 12.2 Å². The predicted molar refractivity (Wildman–Crippen MR) is 130 cm³/mol. The summed E-state index contributed by atoms with van der Waals surface area (Å²) in [6, 6.07) is 18.3. The van der Waals surface area contributed by atoms with Crippen LogP contribution in [0.4, 0.5) is 9.59 Å². The van der Waals surface area contributed by atoms with E-state index >= 15 is 0 Å². The highest BCUT2D eigenvalue weighted by atomic mass is 16.6. The number of alkyl carbamates (subject to hydrolysis) is 2. The van der Waals surface area contributed by atoms with Gasteiger partial charge in [-0.15, -0.1) is 0 Å². The highest BCUT2D eigenvalue weighted by Crippen LogP contribution is 2.10. The molecule has 34 heavy (non-hydrogen) atoms. The fraction of sp³-hybridized carbons (Fsp3) is 0.423. The van der Waals surface area contributed by atoms with Crippen LogP contribution in [0, 0.1) is 5.92 Å². The third kappa shape index (κ3) is 10.8. The molecular weight excluding hydrogens is 434 g/mol. The minimum absolute atomic E-state index is 0.0731. The predicted octanol–water partition coefficient (Wildman–Crippen LogP) is 3.80. The summed E-state index contributed by atoms with van der Waals surface area (Å²) in [4.78, 5) is 36.6. The average molecular weight is 470 g/mol. The van der Waals surface area contributed by atoms with Crippen LogP contribution in [0.25, 0.3) is 0 Å². The second-order valence-corrected chi connectivity index (χ2v) is 9.11. The Hall–Kier alpha value is -3.55. The monoisotopic (exact) mass is 469 g/mol. The van der Waals surface area contributed by atoms with Gasteiger partial charge in [-0.1, -0.05) is 60.7 Å². The van der Waals surface area contributed by atoms with Crippen LogP contribution >= 0.6 is 0 Å². The van der Waals surface area contributed by atoms with Gasteiger partial charge in [0.15, 0.2) is 0 Å². The van der Waals surface area contributed by atoms with Crippen molar-refractivity contribution in [2.24, 2.45) is 5.92 Å². The number of carbonyl (C=O) groups is 3. The van der Waals surface area contributed by atoms with E-state index in [4.69, 9.17) is 9.47 Å². The summed E-state index contributed by atoms with van der Waals surface area (Å²) in [5.41, 5.74) is 1.35. The van der Waals surface area contributed by atoms with E-state index in [1.54, 1.807) is 27.7 Å². The number of hydrogen-bond donors (Lipinski definition) is 3. The highest BCUT2D eigenvalue weighted by Gasteiger charge is 2.20. The van der Waals surface area contributed by atoms with Crippen LogP contribution in [-0.4, -0.2) is 42.8 Å². The van der Waals surface area contributed by atoms with Gasteiger partial charge in [0.25, 0.3) is 0 Å². The van der Waals surface area contributed by atoms with Crippen molar-refractivity contribution in [2.45, 2.75) is 52.4 Å². The summed E-state index contributed by atoms with van der Waals surface area (Å²) < 4.78 is 10.5. The second kappa shape index (κ2) is 13.2. The summed E-state index contributed by atoms with van der Waals surface area (Å²) in [5.74, 6) is -0.414. The molecule has 3 amide bonds. The van der Waals surface area contributed by atoms with E-state index in [0.717, 1.165) is 11.1 Å². The minimum atomic E-state index is -0.778. The van der Waals surface area contributed by atoms with Crippen LogP contribution in [0.3, 0.4) is 0 Å². The Kier molecular flexibility index (Phi) is 10.4. The molecule has 2 rings (SSSR count). The lowest BCUT2D eigenvalue weighted by Gasteiger charge is -2.23. The molecule has 0 spiro atoms. The fourth-order valence-corrected chi connectivity index (χ4v) is 3.11. The maximum atomic E-state index is 12.5. The molecule has 0 bridgehead atoms. The lowest BCUT2D eigenvalue weighted by atomic mass is 9.99. The summed E-state index contributed by atoms with van der Waals surface area (Å²) in [7, 11) is 0. The quantitative estimate of drug-likeness (QED) is 0.491. The largest absolute Gasteiger partial charge is 0.445 e. The first-order chi connectivity index (χ1) is 16.1. The SMILES string of the molecule is C[C@@H](NC(=O)OCc1ccccc1)C(=O)NCC(CNC(=O)OC(C)(C)C)Cc1ccccc1. The van der Waals surface area contributed by atoms with Gasteiger partial charge in [0, 0.05) is 13.1 Å². The Bertz CT molecular complexity index is 913. The highest BCUT2D eigenvalue weighted by molar-refractivity contribution is 5.85. The topological polar surface area (TPSA) is 106 Å². The molecule has 0 radical (unpaired) electrons. The van der Waals surface area contributed by atoms with Crippen molar-refractivity contribution in [1.82, 2.24) is 16.0 Å². The number of rotatable bonds is 10. The zero-order valence-electron chi connectivity index (χ0n) is 20.3. The molecular formula is C26H35N3O5. The maximum Gasteiger partial charge on any atom is 0.408 e. The third-order valence-electron chi connectivity index (χ3n) is 4.81. The van der Waals surface area contributed by atoms with Crippen molar-refractivity contribution >= 4 is 18.1 Å². The molecule has 3 N–H and O–H groups in total.